The van der Waals surface area contributed by atoms with Gasteiger partial charge in [-0.25, -0.2) is 0 Å². The van der Waals surface area contributed by atoms with Crippen molar-refractivity contribution in [2.24, 2.45) is 0 Å². The molecule has 2 aromatic carbocycles. The molecule has 0 aliphatic heterocycles. The van der Waals surface area contributed by atoms with E-state index in [4.69, 9.17) is 16.3 Å². The summed E-state index contributed by atoms with van der Waals surface area (Å²) in [4.78, 5) is 2.07. The maximum atomic E-state index is 6.41. The van der Waals surface area contributed by atoms with E-state index in [-0.39, 0.29) is 6.04 Å². The number of nitrogens with zero attached hydrogens (tertiary/aromatic N) is 1. The van der Waals surface area contributed by atoms with Crippen LogP contribution in [0.2, 0.25) is 5.02 Å². The standard InChI is InChI=1S/C17H21ClN2O/c1-12(19-2)14-10-9-13(11-15(14)18)20(3)16-7-5-6-8-17(16)21-4/h5-12,19H,1-4H3. The molecule has 1 unspecified atom stereocenters. The first-order valence-electron chi connectivity index (χ1n) is 6.92. The summed E-state index contributed by atoms with van der Waals surface area (Å²) >= 11 is 6.41. The molecule has 3 nitrogen and oxygen atoms in total. The van der Waals surface area contributed by atoms with Crippen molar-refractivity contribution >= 4 is 23.0 Å². The third-order valence-corrected chi connectivity index (χ3v) is 4.04. The van der Waals surface area contributed by atoms with Gasteiger partial charge in [0.25, 0.3) is 0 Å². The van der Waals surface area contributed by atoms with Crippen molar-refractivity contribution in [1.29, 1.82) is 0 Å². The summed E-state index contributed by atoms with van der Waals surface area (Å²) in [7, 11) is 5.61. The zero-order chi connectivity index (χ0) is 15.4. The third-order valence-electron chi connectivity index (χ3n) is 3.72. The van der Waals surface area contributed by atoms with Crippen LogP contribution in [0, 0.1) is 0 Å². The Kier molecular flexibility index (Phi) is 5.10. The van der Waals surface area contributed by atoms with Crippen LogP contribution in [-0.4, -0.2) is 21.2 Å². The zero-order valence-corrected chi connectivity index (χ0v) is 13.6. The average molecular weight is 305 g/mol. The SMILES string of the molecule is CNC(C)c1ccc(N(C)c2ccccc2OC)cc1Cl. The molecule has 0 saturated heterocycles. The highest BCUT2D eigenvalue weighted by Crippen LogP contribution is 2.34. The lowest BCUT2D eigenvalue weighted by atomic mass is 10.1. The lowest BCUT2D eigenvalue weighted by Gasteiger charge is -2.23. The molecule has 2 rings (SSSR count). The summed E-state index contributed by atoms with van der Waals surface area (Å²) in [5, 5.41) is 3.96. The molecular weight excluding hydrogens is 284 g/mol. The highest BCUT2D eigenvalue weighted by molar-refractivity contribution is 6.31. The number of hydrogen-bond donors (Lipinski definition) is 1. The van der Waals surface area contributed by atoms with Crippen molar-refractivity contribution < 1.29 is 4.74 Å². The number of nitrogens with one attached hydrogen (secondary N) is 1. The molecule has 21 heavy (non-hydrogen) atoms. The Morgan fingerprint density at radius 3 is 2.52 bits per heavy atom. The van der Waals surface area contributed by atoms with Gasteiger partial charge in [-0.2, -0.15) is 0 Å². The van der Waals surface area contributed by atoms with E-state index in [0.717, 1.165) is 27.7 Å². The summed E-state index contributed by atoms with van der Waals surface area (Å²) in [5.41, 5.74) is 3.12. The van der Waals surface area contributed by atoms with Gasteiger partial charge in [-0.1, -0.05) is 29.8 Å². The molecule has 2 aromatic rings. The van der Waals surface area contributed by atoms with Crippen molar-refractivity contribution in [2.45, 2.75) is 13.0 Å². The first kappa shape index (κ1) is 15.7. The summed E-state index contributed by atoms with van der Waals surface area (Å²) in [6, 6.07) is 14.3. The second-order valence-corrected chi connectivity index (χ2v) is 5.35. The molecule has 0 saturated carbocycles. The smallest absolute Gasteiger partial charge is 0.142 e. The van der Waals surface area contributed by atoms with Gasteiger partial charge in [-0.3, -0.25) is 0 Å². The molecule has 0 bridgehead atoms. The van der Waals surface area contributed by atoms with Crippen molar-refractivity contribution in [3.8, 4) is 5.75 Å². The second-order valence-electron chi connectivity index (χ2n) is 4.95. The summed E-state index contributed by atoms with van der Waals surface area (Å²) in [6.45, 7) is 2.09. The van der Waals surface area contributed by atoms with Gasteiger partial charge >= 0.3 is 0 Å². The van der Waals surface area contributed by atoms with E-state index in [0.29, 0.717) is 0 Å². The molecule has 0 spiro atoms. The molecular formula is C17H21ClN2O. The fourth-order valence-corrected chi connectivity index (χ4v) is 2.62. The Bertz CT molecular complexity index is 615. The Hall–Kier alpha value is -1.71. The fraction of sp³-hybridized carbons (Fsp3) is 0.294. The molecule has 1 N–H and O–H groups in total. The van der Waals surface area contributed by atoms with E-state index in [1.54, 1.807) is 7.11 Å². The molecule has 0 fully saturated rings. The maximum Gasteiger partial charge on any atom is 0.142 e. The normalized spacial score (nSPS) is 12.0. The Balaban J connectivity index is 2.36. The first-order chi connectivity index (χ1) is 10.1. The van der Waals surface area contributed by atoms with Crippen molar-refractivity contribution in [3.63, 3.8) is 0 Å². The molecule has 0 radical (unpaired) electrons. The van der Waals surface area contributed by atoms with Crippen LogP contribution in [0.15, 0.2) is 42.5 Å². The minimum Gasteiger partial charge on any atom is -0.495 e. The molecule has 0 aromatic heterocycles. The maximum absolute atomic E-state index is 6.41. The van der Waals surface area contributed by atoms with Gasteiger partial charge in [0.1, 0.15) is 5.75 Å². The number of anilines is 2. The topological polar surface area (TPSA) is 24.5 Å². The zero-order valence-electron chi connectivity index (χ0n) is 12.9. The number of para-hydroxylation sites is 2. The van der Waals surface area contributed by atoms with E-state index >= 15 is 0 Å². The average Bonchev–Trinajstić information content (AvgIpc) is 2.53. The van der Waals surface area contributed by atoms with Crippen molar-refractivity contribution in [3.05, 3.63) is 53.1 Å². The van der Waals surface area contributed by atoms with Gasteiger partial charge in [0, 0.05) is 23.8 Å². The van der Waals surface area contributed by atoms with E-state index in [2.05, 4.69) is 29.3 Å². The Labute approximate surface area is 131 Å². The Morgan fingerprint density at radius 2 is 1.90 bits per heavy atom. The van der Waals surface area contributed by atoms with Crippen LogP contribution in [0.25, 0.3) is 0 Å². The second kappa shape index (κ2) is 6.83. The van der Waals surface area contributed by atoms with Crippen molar-refractivity contribution in [1.82, 2.24) is 5.32 Å². The van der Waals surface area contributed by atoms with Crippen LogP contribution < -0.4 is 15.0 Å². The number of hydrogen-bond acceptors (Lipinski definition) is 3. The van der Waals surface area contributed by atoms with Crippen LogP contribution in [0.4, 0.5) is 11.4 Å². The molecule has 0 aliphatic carbocycles. The van der Waals surface area contributed by atoms with Crippen LogP contribution in [-0.2, 0) is 0 Å². The summed E-state index contributed by atoms with van der Waals surface area (Å²) in [6.07, 6.45) is 0. The monoisotopic (exact) mass is 304 g/mol. The molecule has 112 valence electrons. The quantitative estimate of drug-likeness (QED) is 0.886. The first-order valence-corrected chi connectivity index (χ1v) is 7.29. The Morgan fingerprint density at radius 1 is 1.19 bits per heavy atom. The van der Waals surface area contributed by atoms with Crippen molar-refractivity contribution in [2.75, 3.05) is 26.1 Å². The largest absolute Gasteiger partial charge is 0.495 e. The van der Waals surface area contributed by atoms with Gasteiger partial charge in [0.2, 0.25) is 0 Å². The summed E-state index contributed by atoms with van der Waals surface area (Å²) < 4.78 is 5.41. The lowest BCUT2D eigenvalue weighted by molar-refractivity contribution is 0.415. The molecule has 0 heterocycles. The number of ether oxygens (including phenoxy) is 1. The molecule has 0 amide bonds. The lowest BCUT2D eigenvalue weighted by Crippen LogP contribution is -2.14. The minimum atomic E-state index is 0.225. The summed E-state index contributed by atoms with van der Waals surface area (Å²) in [5.74, 6) is 0.837. The molecule has 0 aliphatic rings. The van der Waals surface area contributed by atoms with E-state index in [9.17, 15) is 0 Å². The van der Waals surface area contributed by atoms with E-state index < -0.39 is 0 Å². The number of rotatable bonds is 5. The van der Waals surface area contributed by atoms with Crippen LogP contribution >= 0.6 is 11.6 Å². The van der Waals surface area contributed by atoms with Crippen LogP contribution in [0.1, 0.15) is 18.5 Å². The number of benzene rings is 2. The highest BCUT2D eigenvalue weighted by atomic mass is 35.5. The predicted molar refractivity (Wildman–Crippen MR) is 90.0 cm³/mol. The molecule has 1 atom stereocenters. The van der Waals surface area contributed by atoms with E-state index in [1.165, 1.54) is 0 Å². The molecule has 4 heteroatoms. The van der Waals surface area contributed by atoms with Gasteiger partial charge in [0.15, 0.2) is 0 Å². The van der Waals surface area contributed by atoms with Gasteiger partial charge in [-0.05, 0) is 43.8 Å². The highest BCUT2D eigenvalue weighted by Gasteiger charge is 2.13. The van der Waals surface area contributed by atoms with Crippen LogP contribution in [0.5, 0.6) is 5.75 Å². The van der Waals surface area contributed by atoms with Gasteiger partial charge in [0.05, 0.1) is 12.8 Å². The van der Waals surface area contributed by atoms with Gasteiger partial charge in [-0.15, -0.1) is 0 Å². The van der Waals surface area contributed by atoms with Crippen LogP contribution in [0.3, 0.4) is 0 Å². The third kappa shape index (κ3) is 3.31. The minimum absolute atomic E-state index is 0.225. The predicted octanol–water partition coefficient (Wildman–Crippen LogP) is 4.40. The number of halogens is 1. The van der Waals surface area contributed by atoms with E-state index in [1.807, 2.05) is 44.4 Å². The number of methoxy groups -OCH3 is 1. The van der Waals surface area contributed by atoms with Gasteiger partial charge < -0.3 is 15.0 Å². The fourth-order valence-electron chi connectivity index (χ4n) is 2.28.